The summed E-state index contributed by atoms with van der Waals surface area (Å²) in [5, 5.41) is 14.5. The van der Waals surface area contributed by atoms with E-state index in [4.69, 9.17) is 16.6 Å². The van der Waals surface area contributed by atoms with Gasteiger partial charge in [0.05, 0.1) is 0 Å². The van der Waals surface area contributed by atoms with E-state index >= 15 is 0 Å². The van der Waals surface area contributed by atoms with Gasteiger partial charge in [0.1, 0.15) is 6.04 Å². The van der Waals surface area contributed by atoms with Crippen LogP contribution in [0.25, 0.3) is 0 Å². The third-order valence-corrected chi connectivity index (χ3v) is 1.69. The monoisotopic (exact) mass is 214 g/mol. The molecule has 0 aliphatic rings. The Morgan fingerprint density at radius 2 is 2.27 bits per heavy atom. The molecule has 1 aromatic rings. The van der Waals surface area contributed by atoms with Gasteiger partial charge in [-0.2, -0.15) is 5.10 Å². The maximum absolute atomic E-state index is 10.1. The van der Waals surface area contributed by atoms with Crippen LogP contribution in [0.4, 0.5) is 0 Å². The topological polar surface area (TPSA) is 118 Å². The number of rotatable bonds is 5. The molecule has 86 valence electrons. The first-order chi connectivity index (χ1) is 7.18. The number of H-pyrrole nitrogens is 1. The lowest BCUT2D eigenvalue weighted by atomic mass is 10.1. The molecule has 1 aromatic heterocycles. The van der Waals surface area contributed by atoms with E-state index < -0.39 is 12.0 Å². The third kappa shape index (κ3) is 8.92. The number of carboxylic acid groups (broad SMARTS) is 1. The van der Waals surface area contributed by atoms with Crippen molar-refractivity contribution < 1.29 is 9.90 Å². The minimum Gasteiger partial charge on any atom is -0.480 e. The van der Waals surface area contributed by atoms with E-state index in [-0.39, 0.29) is 0 Å². The molecule has 0 radical (unpaired) electrons. The number of aromatic nitrogens is 2. The zero-order valence-corrected chi connectivity index (χ0v) is 8.60. The number of carbonyl (C=O) groups is 1. The molecule has 0 aromatic carbocycles. The van der Waals surface area contributed by atoms with Gasteiger partial charge >= 0.3 is 5.97 Å². The van der Waals surface area contributed by atoms with Crippen LogP contribution in [0.15, 0.2) is 18.5 Å². The molecule has 15 heavy (non-hydrogen) atoms. The minimum atomic E-state index is -0.933. The number of hydrogen-bond donors (Lipinski definition) is 4. The Balaban J connectivity index is 0.000000322. The van der Waals surface area contributed by atoms with Crippen molar-refractivity contribution in [3.05, 3.63) is 18.5 Å². The quantitative estimate of drug-likeness (QED) is 0.512. The van der Waals surface area contributed by atoms with Gasteiger partial charge in [0, 0.05) is 12.4 Å². The second-order valence-electron chi connectivity index (χ2n) is 3.00. The number of carboxylic acids is 1. The van der Waals surface area contributed by atoms with Gasteiger partial charge in [-0.15, -0.1) is 0 Å². The Hall–Kier alpha value is -1.40. The van der Waals surface area contributed by atoms with Crippen LogP contribution in [-0.2, 0) is 4.79 Å². The van der Waals surface area contributed by atoms with Crippen LogP contribution < -0.4 is 11.5 Å². The van der Waals surface area contributed by atoms with Gasteiger partial charge in [0.25, 0.3) is 0 Å². The van der Waals surface area contributed by atoms with E-state index in [0.717, 1.165) is 12.8 Å². The van der Waals surface area contributed by atoms with E-state index in [2.05, 4.69) is 10.2 Å². The van der Waals surface area contributed by atoms with Crippen molar-refractivity contribution in [3.8, 4) is 0 Å². The van der Waals surface area contributed by atoms with Gasteiger partial charge < -0.3 is 16.6 Å². The summed E-state index contributed by atoms with van der Waals surface area (Å²) in [5.41, 5.74) is 10.4. The second kappa shape index (κ2) is 9.17. The van der Waals surface area contributed by atoms with Gasteiger partial charge in [0.2, 0.25) is 0 Å². The molecule has 0 fully saturated rings. The summed E-state index contributed by atoms with van der Waals surface area (Å²) in [6.07, 6.45) is 5.62. The van der Waals surface area contributed by atoms with Crippen LogP contribution in [0.5, 0.6) is 0 Å². The largest absolute Gasteiger partial charge is 0.480 e. The normalized spacial score (nSPS) is 11.3. The first kappa shape index (κ1) is 13.6. The number of nitrogens with one attached hydrogen (secondary N) is 1. The highest BCUT2D eigenvalue weighted by molar-refractivity contribution is 5.72. The molecule has 1 rings (SSSR count). The van der Waals surface area contributed by atoms with Gasteiger partial charge in [0.15, 0.2) is 0 Å². The van der Waals surface area contributed by atoms with Gasteiger partial charge in [-0.1, -0.05) is 6.42 Å². The van der Waals surface area contributed by atoms with E-state index in [1.807, 2.05) is 6.07 Å². The van der Waals surface area contributed by atoms with Crippen LogP contribution in [-0.4, -0.2) is 33.9 Å². The maximum atomic E-state index is 10.1. The van der Waals surface area contributed by atoms with Crippen molar-refractivity contribution in [3.63, 3.8) is 0 Å². The zero-order valence-electron chi connectivity index (χ0n) is 8.60. The highest BCUT2D eigenvalue weighted by Gasteiger charge is 2.09. The lowest BCUT2D eigenvalue weighted by Gasteiger charge is -2.03. The Labute approximate surface area is 88.7 Å². The van der Waals surface area contributed by atoms with Crippen molar-refractivity contribution in [1.82, 2.24) is 10.2 Å². The number of nitrogens with two attached hydrogens (primary N) is 2. The molecular weight excluding hydrogens is 196 g/mol. The molecule has 0 aliphatic heterocycles. The molecule has 0 aliphatic carbocycles. The lowest BCUT2D eigenvalue weighted by Crippen LogP contribution is -2.29. The van der Waals surface area contributed by atoms with Crippen molar-refractivity contribution in [1.29, 1.82) is 0 Å². The fourth-order valence-electron chi connectivity index (χ4n) is 0.847. The first-order valence-electron chi connectivity index (χ1n) is 4.80. The summed E-state index contributed by atoms with van der Waals surface area (Å²) in [5.74, 6) is -0.933. The standard InChI is InChI=1S/C6H14N2O2.C3H4N2/c7-4-2-1-3-5(8)6(9)10;1-2-4-5-3-1/h5H,1-4,7-8H2,(H,9,10);1-3H,(H,4,5)/t5-;/m0./s1. The number of nitrogens with zero attached hydrogens (tertiary/aromatic N) is 1. The first-order valence-corrected chi connectivity index (χ1v) is 4.80. The summed E-state index contributed by atoms with van der Waals surface area (Å²) in [6.45, 7) is 0.604. The predicted octanol–water partition coefficient (Wildman–Crippen LogP) is -0.0630. The van der Waals surface area contributed by atoms with Crippen LogP contribution in [0.1, 0.15) is 19.3 Å². The summed E-state index contributed by atoms with van der Waals surface area (Å²) >= 11 is 0. The summed E-state index contributed by atoms with van der Waals surface area (Å²) in [4.78, 5) is 10.1. The predicted molar refractivity (Wildman–Crippen MR) is 57.1 cm³/mol. The van der Waals surface area contributed by atoms with Crippen LogP contribution in [0.3, 0.4) is 0 Å². The van der Waals surface area contributed by atoms with Crippen LogP contribution in [0.2, 0.25) is 0 Å². The Morgan fingerprint density at radius 1 is 1.53 bits per heavy atom. The smallest absolute Gasteiger partial charge is 0.320 e. The molecule has 6 heteroatoms. The van der Waals surface area contributed by atoms with Crippen LogP contribution in [0, 0.1) is 0 Å². The van der Waals surface area contributed by atoms with E-state index in [0.29, 0.717) is 13.0 Å². The molecule has 0 amide bonds. The Morgan fingerprint density at radius 3 is 2.60 bits per heavy atom. The number of hydrogen-bond acceptors (Lipinski definition) is 4. The SMILES string of the molecule is NCCCC[C@H](N)C(=O)O.c1cn[nH]c1. The fraction of sp³-hybridized carbons (Fsp3) is 0.556. The van der Waals surface area contributed by atoms with Crippen LogP contribution >= 0.6 is 0 Å². The molecule has 0 saturated carbocycles. The van der Waals surface area contributed by atoms with Crippen molar-refractivity contribution in [2.75, 3.05) is 6.54 Å². The van der Waals surface area contributed by atoms with Crippen molar-refractivity contribution >= 4 is 5.97 Å². The Bertz CT molecular complexity index is 221. The minimum absolute atomic E-state index is 0.520. The molecule has 6 nitrogen and oxygen atoms in total. The van der Waals surface area contributed by atoms with Crippen molar-refractivity contribution in [2.45, 2.75) is 25.3 Å². The Kier molecular flexibility index (Phi) is 8.31. The van der Waals surface area contributed by atoms with E-state index in [9.17, 15) is 4.79 Å². The average molecular weight is 214 g/mol. The number of aliphatic carboxylic acids is 1. The van der Waals surface area contributed by atoms with Gasteiger partial charge in [-0.25, -0.2) is 0 Å². The summed E-state index contributed by atoms with van der Waals surface area (Å²) < 4.78 is 0. The maximum Gasteiger partial charge on any atom is 0.320 e. The summed E-state index contributed by atoms with van der Waals surface area (Å²) in [6, 6.07) is 1.12. The molecule has 0 bridgehead atoms. The van der Waals surface area contributed by atoms with Crippen molar-refractivity contribution in [2.24, 2.45) is 11.5 Å². The number of aromatic amines is 1. The fourth-order valence-corrected chi connectivity index (χ4v) is 0.847. The third-order valence-electron chi connectivity index (χ3n) is 1.69. The lowest BCUT2D eigenvalue weighted by molar-refractivity contribution is -0.138. The zero-order chi connectivity index (χ0) is 11.5. The number of unbranched alkanes of at least 4 members (excludes halogenated alkanes) is 1. The highest BCUT2D eigenvalue weighted by Crippen LogP contribution is 1.96. The van der Waals surface area contributed by atoms with E-state index in [1.165, 1.54) is 0 Å². The molecule has 0 spiro atoms. The average Bonchev–Trinajstić information content (AvgIpc) is 2.75. The van der Waals surface area contributed by atoms with Gasteiger partial charge in [-0.3, -0.25) is 9.89 Å². The molecule has 0 unspecified atom stereocenters. The second-order valence-corrected chi connectivity index (χ2v) is 3.00. The molecule has 1 heterocycles. The molecule has 6 N–H and O–H groups in total. The van der Waals surface area contributed by atoms with E-state index in [1.54, 1.807) is 12.4 Å². The molecular formula is C9H18N4O2. The molecule has 0 saturated heterocycles. The van der Waals surface area contributed by atoms with Gasteiger partial charge in [-0.05, 0) is 25.5 Å². The highest BCUT2D eigenvalue weighted by atomic mass is 16.4. The summed E-state index contributed by atoms with van der Waals surface area (Å²) in [7, 11) is 0. The molecule has 1 atom stereocenters.